The van der Waals surface area contributed by atoms with Gasteiger partial charge in [0.05, 0.1) is 68.1 Å². The number of aliphatic hydroxyl groups is 2. The van der Waals surface area contributed by atoms with Crippen LogP contribution in [-0.2, 0) is 106 Å². The van der Waals surface area contributed by atoms with E-state index in [4.69, 9.17) is 11.5 Å². The normalized spacial score (nSPS) is 14.2. The summed E-state index contributed by atoms with van der Waals surface area (Å²) in [5.74, 6) is -12.9. The van der Waals surface area contributed by atoms with Crippen molar-refractivity contribution in [3.05, 3.63) is 203 Å². The third-order valence-electron chi connectivity index (χ3n) is 20.8. The largest absolute Gasteiger partial charge is 0.508 e. The summed E-state index contributed by atoms with van der Waals surface area (Å²) in [5, 5.41) is 64.3. The molecular formula is C90H125N15O23S4. The smallest absolute Gasteiger partial charge is 0.303 e. The van der Waals surface area contributed by atoms with Crippen molar-refractivity contribution in [2.24, 2.45) is 23.3 Å². The number of primary amides is 1. The molecule has 0 aliphatic carbocycles. The molecule has 0 bridgehead atoms. The van der Waals surface area contributed by atoms with Crippen LogP contribution in [0.2, 0.25) is 0 Å². The molecule has 0 heterocycles. The second kappa shape index (κ2) is 52.1. The zero-order valence-electron chi connectivity index (χ0n) is 75.7. The van der Waals surface area contributed by atoms with Crippen LogP contribution in [0.3, 0.4) is 0 Å². The lowest BCUT2D eigenvalue weighted by atomic mass is 9.86. The highest BCUT2D eigenvalue weighted by atomic mass is 32.2. The summed E-state index contributed by atoms with van der Waals surface area (Å²) in [7, 11) is -18.2. The summed E-state index contributed by atoms with van der Waals surface area (Å²) in [4.78, 5) is 150. The van der Waals surface area contributed by atoms with Gasteiger partial charge in [0, 0.05) is 57.6 Å². The van der Waals surface area contributed by atoms with E-state index in [-0.39, 0.29) is 50.3 Å². The lowest BCUT2D eigenvalue weighted by Crippen LogP contribution is -2.58. The molecule has 6 aromatic rings. The van der Waals surface area contributed by atoms with Crippen LogP contribution >= 0.6 is 0 Å². The molecule has 0 spiro atoms. The first kappa shape index (κ1) is 109. The van der Waals surface area contributed by atoms with E-state index < -0.39 is 254 Å². The number of nitrogens with two attached hydrogens (primary N) is 2. The highest BCUT2D eigenvalue weighted by Gasteiger charge is 2.38. The number of nitrogens with zero attached hydrogens (tertiary/aromatic N) is 4. The molecule has 0 aliphatic rings. The molecule has 10 atom stereocenters. The van der Waals surface area contributed by atoms with Crippen LogP contribution in [-0.4, -0.2) is 281 Å². The number of aliphatic hydroxyl groups excluding tert-OH is 2. The fourth-order valence-electron chi connectivity index (χ4n) is 14.3. The molecule has 0 fully saturated rings. The van der Waals surface area contributed by atoms with Crippen LogP contribution in [0.25, 0.3) is 11.1 Å². The maximum atomic E-state index is 16.0. The number of carbonyl (C=O) groups excluding carboxylic acids is 10. The molecule has 132 heavy (non-hydrogen) atoms. The van der Waals surface area contributed by atoms with E-state index in [2.05, 4.69) is 47.9 Å². The SMILES string of the molecule is CC(=O)NC(C(=O)N[C@@H](Cc1ccccc1)CN(CC(=O)N[C@@H](CCC(=O)O)C(=O)N[C@@H](Cc1ccc(O)cc1)CN(CC(=O)N[C@@H](C)C(=O)N[C@@H](CCCCN)CN(CC(=O)N[C@@H](CC(C)C)C(=O)N[C@@H](CO)CN(CC(=O)N[C@@H](C)C(N)=O)S(C)(=O)=O)S(=O)(=O)CC(C)C)S(=O)(=O)c1ccc(C(=C(c2ccccc2)c2ccccc2)c2ccccc2)cc1)S(C)(=O)=O)[C@H](C)O. The molecule has 17 N–H and O–H groups in total. The first-order valence-corrected chi connectivity index (χ1v) is 49.7. The summed E-state index contributed by atoms with van der Waals surface area (Å²) < 4.78 is 117. The van der Waals surface area contributed by atoms with Crippen molar-refractivity contribution in [1.82, 2.24) is 65.1 Å². The molecular weight excluding hydrogens is 1790 g/mol. The minimum Gasteiger partial charge on any atom is -0.508 e. The second-order valence-electron chi connectivity index (χ2n) is 33.3. The van der Waals surface area contributed by atoms with Crippen molar-refractivity contribution in [2.45, 2.75) is 172 Å². The Balaban J connectivity index is 1.40. The molecule has 0 radical (unpaired) electrons. The van der Waals surface area contributed by atoms with E-state index in [1.165, 1.54) is 57.2 Å². The van der Waals surface area contributed by atoms with Crippen LogP contribution in [0.5, 0.6) is 5.75 Å². The summed E-state index contributed by atoms with van der Waals surface area (Å²) in [6.45, 7) is 3.94. The van der Waals surface area contributed by atoms with Gasteiger partial charge in [-0.05, 0) is 146 Å². The van der Waals surface area contributed by atoms with Crippen molar-refractivity contribution >= 4 is 116 Å². The van der Waals surface area contributed by atoms with Gasteiger partial charge in [-0.1, -0.05) is 180 Å². The van der Waals surface area contributed by atoms with Gasteiger partial charge in [-0.2, -0.15) is 17.2 Å². The van der Waals surface area contributed by atoms with Crippen molar-refractivity contribution in [2.75, 3.05) is 83.8 Å². The van der Waals surface area contributed by atoms with E-state index in [9.17, 15) is 88.8 Å². The first-order chi connectivity index (χ1) is 62.1. The Hall–Kier alpha value is -11.5. The van der Waals surface area contributed by atoms with Gasteiger partial charge in [0.1, 0.15) is 36.0 Å². The number of benzene rings is 6. The summed E-state index contributed by atoms with van der Waals surface area (Å²) in [5.41, 5.74) is 16.4. The van der Waals surface area contributed by atoms with Crippen LogP contribution in [0, 0.1) is 11.8 Å². The molecule has 38 nitrogen and oxygen atoms in total. The van der Waals surface area contributed by atoms with Gasteiger partial charge in [0.2, 0.25) is 99.2 Å². The highest BCUT2D eigenvalue weighted by Crippen LogP contribution is 2.38. The number of sulfonamides is 4. The predicted octanol–water partition coefficient (Wildman–Crippen LogP) is 1.01. The lowest BCUT2D eigenvalue weighted by Gasteiger charge is -2.31. The Morgan fingerprint density at radius 2 is 0.826 bits per heavy atom. The van der Waals surface area contributed by atoms with Crippen LogP contribution in [0.15, 0.2) is 175 Å². The number of aliphatic carboxylic acids is 1. The number of hydrogen-bond donors (Lipinski definition) is 15. The fraction of sp³-hybridized carbons (Fsp3) is 0.456. The number of rotatable bonds is 56. The van der Waals surface area contributed by atoms with Gasteiger partial charge in [-0.25, -0.2) is 33.7 Å². The maximum absolute atomic E-state index is 16.0. The van der Waals surface area contributed by atoms with E-state index in [1.54, 1.807) is 70.2 Å². The first-order valence-electron chi connectivity index (χ1n) is 42.9. The van der Waals surface area contributed by atoms with Gasteiger partial charge in [0.15, 0.2) is 0 Å². The number of carboxylic acids is 1. The number of carbonyl (C=O) groups is 11. The number of unbranched alkanes of at least 4 members (excludes halogenated alkanes) is 1. The fourth-order valence-corrected chi connectivity index (χ4v) is 19.1. The molecule has 6 rings (SSSR count). The summed E-state index contributed by atoms with van der Waals surface area (Å²) in [6, 6.07) is 34.9. The monoisotopic (exact) mass is 1910 g/mol. The van der Waals surface area contributed by atoms with Crippen molar-refractivity contribution in [1.29, 1.82) is 0 Å². The molecule has 10 amide bonds. The molecule has 722 valence electrons. The number of hydrogen-bond acceptors (Lipinski definition) is 23. The van der Waals surface area contributed by atoms with Crippen molar-refractivity contribution < 1.29 is 107 Å². The van der Waals surface area contributed by atoms with Gasteiger partial charge in [-0.15, -0.1) is 0 Å². The number of phenolic OH excluding ortho intramolecular Hbond substituents is 1. The highest BCUT2D eigenvalue weighted by molar-refractivity contribution is 7.89. The van der Waals surface area contributed by atoms with Gasteiger partial charge in [0.25, 0.3) is 0 Å². The third kappa shape index (κ3) is 36.6. The average molecular weight is 1910 g/mol. The Morgan fingerprint density at radius 3 is 1.27 bits per heavy atom. The van der Waals surface area contributed by atoms with E-state index in [0.717, 1.165) is 46.0 Å². The van der Waals surface area contributed by atoms with Crippen LogP contribution < -0.4 is 59.3 Å². The minimum absolute atomic E-state index is 0.00357. The third-order valence-corrected chi connectivity index (χ3v) is 27.2. The predicted molar refractivity (Wildman–Crippen MR) is 496 cm³/mol. The van der Waals surface area contributed by atoms with Crippen molar-refractivity contribution in [3.8, 4) is 5.75 Å². The minimum atomic E-state index is -5.06. The number of carboxylic acid groups (broad SMARTS) is 1. The molecule has 0 aromatic heterocycles. The molecule has 1 unspecified atom stereocenters. The Morgan fingerprint density at radius 1 is 0.424 bits per heavy atom. The van der Waals surface area contributed by atoms with Crippen LogP contribution in [0.1, 0.15) is 127 Å². The quantitative estimate of drug-likeness (QED) is 0.0187. The van der Waals surface area contributed by atoms with E-state index >= 15 is 18.0 Å². The molecule has 0 saturated carbocycles. The molecule has 0 aliphatic heterocycles. The van der Waals surface area contributed by atoms with E-state index in [1.807, 2.05) is 91.0 Å². The molecule has 42 heteroatoms. The summed E-state index contributed by atoms with van der Waals surface area (Å²) in [6.07, 6.45) is -1.28. The average Bonchev–Trinajstić information content (AvgIpc) is 0.773. The Labute approximate surface area is 771 Å². The maximum Gasteiger partial charge on any atom is 0.303 e. The standard InChI is InChI=1S/C90H125N15O23S4/c1-58(2)45-77(89(119)99-73(56-106)51-103(130(10,123)124)52-78(110)93-60(5)86(92)116)101-81(113)54-104(131(125,126)57-59(3)4)48-70(33-23-24-44-91)96-87(117)61(6)94-79(111)55-105(132(127,128)75-40-36-69(37-41-75)84(68-31-21-14-22-32-68)83(66-27-17-12-18-28-66)67-29-19-13-20-30-67)50-72(47-65-34-38-74(109)39-35-65)97-88(118)76(42-43-82(114)115)100-80(112)53-102(129(9,121)122)49-71(46-64-25-15-11-16-26-64)98-90(120)85(62(7)107)95-63(8)108/h11-22,25-32,34-41,58-62,70-73,76-77,85,106-107,109H,23-24,33,42-57,91H2,1-10H3,(H2,92,116)(H,93,110)(H,94,111)(H,95,108)(H,96,117)(H,97,118)(H,98,120)(H,99,119)(H,100,112)(H,101,113)(H,114,115)/t60-,61-,62-,70-,71-,72-,73+,76-,77-,85?/m0/s1. The zero-order chi connectivity index (χ0) is 98.0. The number of amides is 10. The number of phenols is 1. The zero-order valence-corrected chi connectivity index (χ0v) is 78.9. The molecule has 0 saturated heterocycles. The van der Waals surface area contributed by atoms with Crippen LogP contribution in [0.4, 0.5) is 0 Å². The van der Waals surface area contributed by atoms with Gasteiger partial charge in [-0.3, -0.25) is 52.7 Å². The summed E-state index contributed by atoms with van der Waals surface area (Å²) >= 11 is 0. The van der Waals surface area contributed by atoms with Crippen molar-refractivity contribution in [3.63, 3.8) is 0 Å². The number of nitrogens with one attached hydrogen (secondary N) is 9. The molecule has 6 aromatic carbocycles. The topological polar surface area (TPSA) is 579 Å². The Bertz CT molecular complexity index is 5340. The second-order valence-corrected chi connectivity index (χ2v) is 41.2. The van der Waals surface area contributed by atoms with Gasteiger partial charge < -0.3 is 79.7 Å². The lowest BCUT2D eigenvalue weighted by molar-refractivity contribution is -0.138. The number of aromatic hydroxyl groups is 1. The van der Waals surface area contributed by atoms with E-state index in [0.29, 0.717) is 41.6 Å². The Kier molecular flexibility index (Phi) is 43.2. The van der Waals surface area contributed by atoms with Gasteiger partial charge >= 0.3 is 5.97 Å².